The lowest BCUT2D eigenvalue weighted by molar-refractivity contribution is 0.346. The molecule has 0 aromatic rings. The fourth-order valence-electron chi connectivity index (χ4n) is 2.55. The Morgan fingerprint density at radius 2 is 2.15 bits per heavy atom. The van der Waals surface area contributed by atoms with Crippen LogP contribution >= 0.6 is 11.8 Å². The quantitative estimate of drug-likeness (QED) is 0.687. The Hall–Kier alpha value is 0.310. The van der Waals surface area contributed by atoms with Crippen molar-refractivity contribution in [3.63, 3.8) is 0 Å². The van der Waals surface area contributed by atoms with Gasteiger partial charge in [-0.3, -0.25) is 0 Å². The molecule has 0 aliphatic heterocycles. The van der Waals surface area contributed by atoms with Gasteiger partial charge in [-0.15, -0.1) is 0 Å². The Bertz CT molecular complexity index is 138. The third-order valence-electron chi connectivity index (χ3n) is 3.52. The van der Waals surface area contributed by atoms with Gasteiger partial charge in [-0.1, -0.05) is 6.92 Å². The fourth-order valence-corrected chi connectivity index (χ4v) is 3.01. The van der Waals surface area contributed by atoms with Crippen molar-refractivity contribution >= 4 is 11.8 Å². The highest BCUT2D eigenvalue weighted by Gasteiger charge is 2.30. The van der Waals surface area contributed by atoms with Gasteiger partial charge in [0.1, 0.15) is 0 Å². The van der Waals surface area contributed by atoms with E-state index in [0.29, 0.717) is 0 Å². The SMILES string of the molecule is CNC1CCC(CCCSC)C1C. The lowest BCUT2D eigenvalue weighted by atomic mass is 9.92. The van der Waals surface area contributed by atoms with Gasteiger partial charge >= 0.3 is 0 Å². The molecule has 0 heterocycles. The van der Waals surface area contributed by atoms with Gasteiger partial charge in [0.2, 0.25) is 0 Å². The van der Waals surface area contributed by atoms with Crippen LogP contribution < -0.4 is 5.32 Å². The van der Waals surface area contributed by atoms with Gasteiger partial charge in [0.25, 0.3) is 0 Å². The second-order valence-electron chi connectivity index (χ2n) is 4.23. The lowest BCUT2D eigenvalue weighted by Crippen LogP contribution is -2.29. The van der Waals surface area contributed by atoms with Crippen LogP contribution in [0, 0.1) is 11.8 Å². The molecule has 1 saturated carbocycles. The molecule has 78 valence electrons. The second-order valence-corrected chi connectivity index (χ2v) is 5.21. The van der Waals surface area contributed by atoms with Gasteiger partial charge in [-0.25, -0.2) is 0 Å². The van der Waals surface area contributed by atoms with E-state index in [1.54, 1.807) is 0 Å². The average Bonchev–Trinajstić information content (AvgIpc) is 2.48. The van der Waals surface area contributed by atoms with E-state index in [2.05, 4.69) is 25.5 Å². The predicted molar refractivity (Wildman–Crippen MR) is 62.4 cm³/mol. The number of hydrogen-bond acceptors (Lipinski definition) is 2. The molecule has 0 aromatic carbocycles. The van der Waals surface area contributed by atoms with Crippen LogP contribution in [0.15, 0.2) is 0 Å². The zero-order valence-corrected chi connectivity index (χ0v) is 9.99. The van der Waals surface area contributed by atoms with E-state index in [9.17, 15) is 0 Å². The van der Waals surface area contributed by atoms with Crippen molar-refractivity contribution in [2.75, 3.05) is 19.1 Å². The minimum atomic E-state index is 0.791. The number of rotatable bonds is 5. The molecule has 0 bridgehead atoms. The summed E-state index contributed by atoms with van der Waals surface area (Å²) in [5.41, 5.74) is 0. The number of hydrogen-bond donors (Lipinski definition) is 1. The van der Waals surface area contributed by atoms with E-state index in [1.165, 1.54) is 31.4 Å². The molecule has 1 aliphatic carbocycles. The molecular formula is C11H23NS. The van der Waals surface area contributed by atoms with Crippen LogP contribution in [0.2, 0.25) is 0 Å². The summed E-state index contributed by atoms with van der Waals surface area (Å²) < 4.78 is 0. The zero-order chi connectivity index (χ0) is 9.68. The first-order chi connectivity index (χ1) is 6.29. The first-order valence-electron chi connectivity index (χ1n) is 5.45. The highest BCUT2D eigenvalue weighted by atomic mass is 32.2. The molecule has 3 unspecified atom stereocenters. The van der Waals surface area contributed by atoms with Crippen LogP contribution in [-0.4, -0.2) is 25.1 Å². The zero-order valence-electron chi connectivity index (χ0n) is 9.18. The lowest BCUT2D eigenvalue weighted by Gasteiger charge is -2.19. The first kappa shape index (κ1) is 11.4. The minimum Gasteiger partial charge on any atom is -0.317 e. The Kier molecular flexibility index (Phi) is 5.18. The van der Waals surface area contributed by atoms with Crippen molar-refractivity contribution < 1.29 is 0 Å². The normalized spacial score (nSPS) is 33.9. The molecule has 3 atom stereocenters. The third kappa shape index (κ3) is 3.17. The third-order valence-corrected chi connectivity index (χ3v) is 4.22. The van der Waals surface area contributed by atoms with E-state index < -0.39 is 0 Å². The van der Waals surface area contributed by atoms with Crippen molar-refractivity contribution in [3.8, 4) is 0 Å². The van der Waals surface area contributed by atoms with Gasteiger partial charge in [-0.05, 0) is 56.6 Å². The van der Waals surface area contributed by atoms with Crippen molar-refractivity contribution in [2.24, 2.45) is 11.8 Å². The van der Waals surface area contributed by atoms with Crippen LogP contribution in [0.3, 0.4) is 0 Å². The molecule has 0 saturated heterocycles. The first-order valence-corrected chi connectivity index (χ1v) is 6.85. The molecule has 13 heavy (non-hydrogen) atoms. The van der Waals surface area contributed by atoms with Crippen molar-refractivity contribution in [2.45, 2.75) is 38.6 Å². The summed E-state index contributed by atoms with van der Waals surface area (Å²) in [4.78, 5) is 0. The minimum absolute atomic E-state index is 0.791. The summed E-state index contributed by atoms with van der Waals surface area (Å²) in [6.45, 7) is 2.41. The predicted octanol–water partition coefficient (Wildman–Crippen LogP) is 2.76. The van der Waals surface area contributed by atoms with Crippen LogP contribution in [0.1, 0.15) is 32.6 Å². The summed E-state index contributed by atoms with van der Waals surface area (Å²) >= 11 is 1.98. The average molecular weight is 201 g/mol. The molecule has 0 amide bonds. The molecule has 1 rings (SSSR count). The van der Waals surface area contributed by atoms with E-state index in [1.807, 2.05) is 11.8 Å². The number of nitrogens with one attached hydrogen (secondary N) is 1. The maximum Gasteiger partial charge on any atom is 0.00924 e. The molecule has 1 nitrogen and oxygen atoms in total. The Morgan fingerprint density at radius 1 is 1.38 bits per heavy atom. The summed E-state index contributed by atoms with van der Waals surface area (Å²) in [7, 11) is 2.10. The van der Waals surface area contributed by atoms with Gasteiger partial charge in [0.05, 0.1) is 0 Å². The van der Waals surface area contributed by atoms with Crippen LogP contribution in [-0.2, 0) is 0 Å². The largest absolute Gasteiger partial charge is 0.317 e. The van der Waals surface area contributed by atoms with Crippen LogP contribution in [0.5, 0.6) is 0 Å². The molecule has 1 fully saturated rings. The topological polar surface area (TPSA) is 12.0 Å². The van der Waals surface area contributed by atoms with E-state index in [0.717, 1.165) is 17.9 Å². The second kappa shape index (κ2) is 5.92. The monoisotopic (exact) mass is 201 g/mol. The van der Waals surface area contributed by atoms with Crippen molar-refractivity contribution in [1.29, 1.82) is 0 Å². The maximum atomic E-state index is 3.43. The fraction of sp³-hybridized carbons (Fsp3) is 1.00. The van der Waals surface area contributed by atoms with Gasteiger partial charge in [0.15, 0.2) is 0 Å². The standard InChI is InChI=1S/C11H23NS/c1-9-10(5-4-8-13-3)6-7-11(9)12-2/h9-12H,4-8H2,1-3H3. The smallest absolute Gasteiger partial charge is 0.00924 e. The van der Waals surface area contributed by atoms with Gasteiger partial charge in [0, 0.05) is 6.04 Å². The van der Waals surface area contributed by atoms with Gasteiger partial charge in [-0.2, -0.15) is 11.8 Å². The molecule has 0 aromatic heterocycles. The van der Waals surface area contributed by atoms with Gasteiger partial charge < -0.3 is 5.32 Å². The highest BCUT2D eigenvalue weighted by molar-refractivity contribution is 7.98. The van der Waals surface area contributed by atoms with Crippen molar-refractivity contribution in [3.05, 3.63) is 0 Å². The van der Waals surface area contributed by atoms with E-state index >= 15 is 0 Å². The number of thioether (sulfide) groups is 1. The summed E-state index contributed by atoms with van der Waals surface area (Å²) in [5.74, 6) is 3.23. The Labute approximate surface area is 87.1 Å². The van der Waals surface area contributed by atoms with E-state index in [-0.39, 0.29) is 0 Å². The summed E-state index contributed by atoms with van der Waals surface area (Å²) in [6, 6.07) is 0.791. The molecule has 2 heteroatoms. The van der Waals surface area contributed by atoms with Crippen molar-refractivity contribution in [1.82, 2.24) is 5.32 Å². The summed E-state index contributed by atoms with van der Waals surface area (Å²) in [6.07, 6.45) is 7.89. The van der Waals surface area contributed by atoms with Crippen LogP contribution in [0.4, 0.5) is 0 Å². The Balaban J connectivity index is 2.20. The summed E-state index contributed by atoms with van der Waals surface area (Å²) in [5, 5.41) is 3.43. The maximum absolute atomic E-state index is 3.43. The van der Waals surface area contributed by atoms with Crippen LogP contribution in [0.25, 0.3) is 0 Å². The molecular weight excluding hydrogens is 178 g/mol. The molecule has 1 aliphatic rings. The van der Waals surface area contributed by atoms with E-state index in [4.69, 9.17) is 0 Å². The molecule has 1 N–H and O–H groups in total. The molecule has 0 spiro atoms. The molecule has 0 radical (unpaired) electrons. The highest BCUT2D eigenvalue weighted by Crippen LogP contribution is 2.34. The Morgan fingerprint density at radius 3 is 2.69 bits per heavy atom.